The first kappa shape index (κ1) is 8.72. The first-order valence-electron chi connectivity index (χ1n) is 5.82. The summed E-state index contributed by atoms with van der Waals surface area (Å²) in [7, 11) is -0.970. The summed E-state index contributed by atoms with van der Waals surface area (Å²) in [5, 5.41) is 1.88. The highest BCUT2D eigenvalue weighted by atomic mass is 28.3. The van der Waals surface area contributed by atoms with Gasteiger partial charge in [0.1, 0.15) is 0 Å². The van der Waals surface area contributed by atoms with Crippen LogP contribution in [0.1, 0.15) is 23.1 Å². The van der Waals surface area contributed by atoms with E-state index in [-0.39, 0.29) is 0 Å². The lowest BCUT2D eigenvalue weighted by atomic mass is 10.00. The Bertz CT molecular complexity index is 394. The van der Waals surface area contributed by atoms with Crippen LogP contribution < -0.4 is 5.19 Å². The lowest BCUT2D eigenvalue weighted by Gasteiger charge is -2.31. The van der Waals surface area contributed by atoms with Crippen molar-refractivity contribution in [2.45, 2.75) is 44.8 Å². The molecular formula is C13H18Si. The summed E-state index contributed by atoms with van der Waals surface area (Å²) >= 11 is 0. The molecule has 0 saturated carbocycles. The Labute approximate surface area is 87.4 Å². The molecule has 0 aliphatic carbocycles. The molecule has 1 heteroatoms. The van der Waals surface area contributed by atoms with E-state index in [1.165, 1.54) is 25.3 Å². The summed E-state index contributed by atoms with van der Waals surface area (Å²) < 4.78 is 0. The van der Waals surface area contributed by atoms with Gasteiger partial charge in [-0.25, -0.2) is 0 Å². The molecule has 0 fully saturated rings. The third-order valence-electron chi connectivity index (χ3n) is 4.34. The van der Waals surface area contributed by atoms with Crippen molar-refractivity contribution in [2.75, 3.05) is 0 Å². The fourth-order valence-corrected chi connectivity index (χ4v) is 8.09. The van der Waals surface area contributed by atoms with Crippen molar-refractivity contribution >= 4 is 13.3 Å². The second kappa shape index (κ2) is 2.72. The Balaban J connectivity index is 2.31. The van der Waals surface area contributed by atoms with Crippen molar-refractivity contribution in [3.63, 3.8) is 0 Å². The van der Waals surface area contributed by atoms with Crippen molar-refractivity contribution in [1.29, 1.82) is 0 Å². The molecule has 0 bridgehead atoms. The molecule has 1 atom stereocenters. The van der Waals surface area contributed by atoms with E-state index < -0.39 is 8.07 Å². The molecule has 3 rings (SSSR count). The maximum absolute atomic E-state index is 2.61. The van der Waals surface area contributed by atoms with Crippen LogP contribution in [-0.2, 0) is 12.8 Å². The molecule has 0 nitrogen and oxygen atoms in total. The Kier molecular flexibility index (Phi) is 1.70. The highest BCUT2D eigenvalue weighted by Crippen LogP contribution is 2.34. The molecule has 1 unspecified atom stereocenters. The quantitative estimate of drug-likeness (QED) is 0.568. The molecule has 0 N–H and O–H groups in total. The van der Waals surface area contributed by atoms with Gasteiger partial charge in [0, 0.05) is 0 Å². The van der Waals surface area contributed by atoms with E-state index in [1.54, 1.807) is 22.7 Å². The molecule has 0 spiro atoms. The van der Waals surface area contributed by atoms with Crippen molar-refractivity contribution in [1.82, 2.24) is 0 Å². The van der Waals surface area contributed by atoms with Crippen LogP contribution in [0.5, 0.6) is 0 Å². The van der Waals surface area contributed by atoms with Gasteiger partial charge < -0.3 is 0 Å². The summed E-state index contributed by atoms with van der Waals surface area (Å²) in [6.45, 7) is 4.91. The van der Waals surface area contributed by atoms with Crippen LogP contribution in [-0.4, -0.2) is 8.07 Å². The zero-order chi connectivity index (χ0) is 9.76. The average Bonchev–Trinajstić information content (AvgIpc) is 2.51. The molecule has 0 aromatic heterocycles. The van der Waals surface area contributed by atoms with Crippen molar-refractivity contribution in [2.24, 2.45) is 0 Å². The summed E-state index contributed by atoms with van der Waals surface area (Å²) in [5.41, 5.74) is 5.02. The van der Waals surface area contributed by atoms with Gasteiger partial charge in [-0.2, -0.15) is 0 Å². The molecule has 1 aromatic carbocycles. The number of hydrogen-bond acceptors (Lipinski definition) is 0. The van der Waals surface area contributed by atoms with Gasteiger partial charge in [0.25, 0.3) is 0 Å². The zero-order valence-corrected chi connectivity index (χ0v) is 10.2. The molecule has 2 aliphatic rings. The lowest BCUT2D eigenvalue weighted by Crippen LogP contribution is -2.46. The second-order valence-electron chi connectivity index (χ2n) is 5.31. The van der Waals surface area contributed by atoms with E-state index in [0.717, 1.165) is 0 Å². The lowest BCUT2D eigenvalue weighted by molar-refractivity contribution is 0.880. The van der Waals surface area contributed by atoms with Gasteiger partial charge in [-0.05, 0) is 42.5 Å². The minimum atomic E-state index is -0.970. The third kappa shape index (κ3) is 0.992. The van der Waals surface area contributed by atoms with E-state index in [1.807, 2.05) is 5.19 Å². The van der Waals surface area contributed by atoms with Crippen molar-refractivity contribution in [3.8, 4) is 0 Å². The highest BCUT2D eigenvalue weighted by molar-refractivity contribution is 6.92. The van der Waals surface area contributed by atoms with Gasteiger partial charge in [-0.1, -0.05) is 36.3 Å². The topological polar surface area (TPSA) is 0 Å². The normalized spacial score (nSPS) is 29.0. The van der Waals surface area contributed by atoms with Gasteiger partial charge in [-0.15, -0.1) is 0 Å². The number of aryl methyl sites for hydroxylation is 2. The van der Waals surface area contributed by atoms with Crippen molar-refractivity contribution in [3.05, 3.63) is 28.8 Å². The molecule has 0 amide bonds. The largest absolute Gasteiger partial charge is 0.0847 e. The smallest absolute Gasteiger partial charge is 0.0652 e. The van der Waals surface area contributed by atoms with Crippen LogP contribution in [0.25, 0.3) is 0 Å². The van der Waals surface area contributed by atoms with Crippen LogP contribution in [0.4, 0.5) is 0 Å². The van der Waals surface area contributed by atoms with Crippen LogP contribution in [0.2, 0.25) is 18.6 Å². The molecule has 0 radical (unpaired) electrons. The fraction of sp³-hybridized carbons (Fsp3) is 0.538. The van der Waals surface area contributed by atoms with Crippen LogP contribution in [0.3, 0.4) is 0 Å². The fourth-order valence-electron chi connectivity index (χ4n) is 3.52. The third-order valence-corrected chi connectivity index (χ3v) is 8.98. The first-order valence-corrected chi connectivity index (χ1v) is 8.74. The maximum atomic E-state index is 2.61. The van der Waals surface area contributed by atoms with Crippen LogP contribution in [0, 0.1) is 6.92 Å². The molecule has 74 valence electrons. The van der Waals surface area contributed by atoms with Gasteiger partial charge in [0.15, 0.2) is 0 Å². The molecule has 0 saturated heterocycles. The van der Waals surface area contributed by atoms with Crippen LogP contribution >= 0.6 is 0 Å². The van der Waals surface area contributed by atoms with Gasteiger partial charge in [-0.3, -0.25) is 0 Å². The first-order chi connectivity index (χ1) is 6.71. The highest BCUT2D eigenvalue weighted by Gasteiger charge is 2.40. The monoisotopic (exact) mass is 202 g/mol. The Morgan fingerprint density at radius 2 is 2.00 bits per heavy atom. The Hall–Kier alpha value is -0.563. The average molecular weight is 202 g/mol. The van der Waals surface area contributed by atoms with E-state index in [9.17, 15) is 0 Å². The summed E-state index contributed by atoms with van der Waals surface area (Å²) in [6.07, 6.45) is 4.20. The SMILES string of the molecule is Cc1ccc2c3c1CCC[Si]3(C)CC2. The molecule has 1 aromatic rings. The Morgan fingerprint density at radius 3 is 2.86 bits per heavy atom. The van der Waals surface area contributed by atoms with E-state index in [2.05, 4.69) is 25.6 Å². The molecular weight excluding hydrogens is 184 g/mol. The molecule has 2 aliphatic heterocycles. The molecule has 2 heterocycles. The van der Waals surface area contributed by atoms with Crippen molar-refractivity contribution < 1.29 is 0 Å². The minimum Gasteiger partial charge on any atom is -0.0652 e. The minimum absolute atomic E-state index is 0.970. The predicted molar refractivity (Wildman–Crippen MR) is 64.1 cm³/mol. The summed E-state index contributed by atoms with van der Waals surface area (Å²) in [4.78, 5) is 0. The maximum Gasteiger partial charge on any atom is 0.0847 e. The number of hydrogen-bond donors (Lipinski definition) is 0. The van der Waals surface area contributed by atoms with Gasteiger partial charge in [0.2, 0.25) is 0 Å². The van der Waals surface area contributed by atoms with Crippen LogP contribution in [0.15, 0.2) is 12.1 Å². The molecule has 14 heavy (non-hydrogen) atoms. The standard InChI is InChI=1S/C13H18Si/c1-10-5-6-11-7-9-14(2)8-3-4-12(10)13(11)14/h5-6H,3-4,7-9H2,1-2H3. The number of rotatable bonds is 0. The summed E-state index contributed by atoms with van der Waals surface area (Å²) in [6, 6.07) is 7.83. The van der Waals surface area contributed by atoms with E-state index >= 15 is 0 Å². The second-order valence-corrected chi connectivity index (χ2v) is 9.93. The zero-order valence-electron chi connectivity index (χ0n) is 9.19. The predicted octanol–water partition coefficient (Wildman–Crippen LogP) is 2.78. The van der Waals surface area contributed by atoms with Gasteiger partial charge in [0.05, 0.1) is 8.07 Å². The number of benzene rings is 1. The van der Waals surface area contributed by atoms with Gasteiger partial charge >= 0.3 is 0 Å². The van der Waals surface area contributed by atoms with E-state index in [0.29, 0.717) is 0 Å². The Morgan fingerprint density at radius 1 is 1.14 bits per heavy atom. The summed E-state index contributed by atoms with van der Waals surface area (Å²) in [5.74, 6) is 0. The van der Waals surface area contributed by atoms with E-state index in [4.69, 9.17) is 0 Å².